The molecule has 1 heterocycles. The molecule has 0 aliphatic carbocycles. The molecule has 0 amide bonds. The van der Waals surface area contributed by atoms with Gasteiger partial charge in [-0.15, -0.1) is 0 Å². The number of halogens is 5. The molecule has 1 aromatic heterocycles. The molecule has 0 saturated heterocycles. The van der Waals surface area contributed by atoms with Gasteiger partial charge in [0.05, 0.1) is 5.02 Å². The van der Waals surface area contributed by atoms with E-state index in [-0.39, 0.29) is 16.7 Å². The summed E-state index contributed by atoms with van der Waals surface area (Å²) in [5, 5.41) is 0.215. The second-order valence-electron chi connectivity index (χ2n) is 3.73. The molecule has 0 fully saturated rings. The number of rotatable bonds is 3. The summed E-state index contributed by atoms with van der Waals surface area (Å²) in [4.78, 5) is 6.90. The highest BCUT2D eigenvalue weighted by Crippen LogP contribution is 2.34. The molecule has 10 heteroatoms. The van der Waals surface area contributed by atoms with E-state index < -0.39 is 17.8 Å². The van der Waals surface area contributed by atoms with Gasteiger partial charge < -0.3 is 4.74 Å². The first-order valence-corrected chi connectivity index (χ1v) is 6.52. The number of nitrogens with zero attached hydrogens (tertiary/aromatic N) is 2. The molecule has 1 aromatic carbocycles. The second-order valence-corrected chi connectivity index (χ2v) is 5.06. The Bertz CT molecular complexity index is 668. The largest absolute Gasteiger partial charge is 0.437 e. The Labute approximate surface area is 130 Å². The van der Waals surface area contributed by atoms with Crippen LogP contribution in [0.25, 0.3) is 0 Å². The average Bonchev–Trinajstić information content (AvgIpc) is 2.41. The van der Waals surface area contributed by atoms with E-state index in [1.165, 1.54) is 12.1 Å². The van der Waals surface area contributed by atoms with Crippen molar-refractivity contribution in [1.82, 2.24) is 9.97 Å². The van der Waals surface area contributed by atoms with Crippen molar-refractivity contribution in [3.63, 3.8) is 0 Å². The van der Waals surface area contributed by atoms with E-state index in [9.17, 15) is 13.2 Å². The van der Waals surface area contributed by atoms with E-state index in [2.05, 4.69) is 25.9 Å². The van der Waals surface area contributed by atoms with Gasteiger partial charge in [0, 0.05) is 10.5 Å². The lowest BCUT2D eigenvalue weighted by Gasteiger charge is -2.11. The van der Waals surface area contributed by atoms with E-state index in [1.807, 2.05) is 5.43 Å². The van der Waals surface area contributed by atoms with Crippen LogP contribution in [0.4, 0.5) is 19.1 Å². The van der Waals surface area contributed by atoms with E-state index >= 15 is 0 Å². The minimum absolute atomic E-state index is 0.140. The summed E-state index contributed by atoms with van der Waals surface area (Å²) < 4.78 is 44.1. The standard InChI is InChI=1S/C11H7BrClF3N4O/c12-5-1-2-6(13)7(3-5)21-9-4-8(11(14,15)16)18-10(19-9)20-17/h1-4H,17H2,(H,18,19,20). The summed E-state index contributed by atoms with van der Waals surface area (Å²) in [6.07, 6.45) is -4.66. The van der Waals surface area contributed by atoms with Crippen molar-refractivity contribution in [3.05, 3.63) is 39.5 Å². The number of hydrogen-bond donors (Lipinski definition) is 2. The number of nitrogens with one attached hydrogen (secondary N) is 1. The summed E-state index contributed by atoms with van der Waals surface area (Å²) in [7, 11) is 0. The van der Waals surface area contributed by atoms with Crippen LogP contribution in [0, 0.1) is 0 Å². The summed E-state index contributed by atoms with van der Waals surface area (Å²) in [6.45, 7) is 0. The minimum atomic E-state index is -4.66. The number of aromatic nitrogens is 2. The fraction of sp³-hybridized carbons (Fsp3) is 0.0909. The summed E-state index contributed by atoms with van der Waals surface area (Å²) in [6, 6.07) is 5.32. The van der Waals surface area contributed by atoms with E-state index in [0.29, 0.717) is 10.5 Å². The van der Waals surface area contributed by atoms with Gasteiger partial charge in [0.15, 0.2) is 5.69 Å². The van der Waals surface area contributed by atoms with Crippen LogP contribution in [0.1, 0.15) is 5.69 Å². The Morgan fingerprint density at radius 3 is 2.57 bits per heavy atom. The zero-order valence-corrected chi connectivity index (χ0v) is 12.4. The third-order valence-corrected chi connectivity index (χ3v) is 3.04. The van der Waals surface area contributed by atoms with Crippen molar-refractivity contribution in [1.29, 1.82) is 0 Å². The van der Waals surface area contributed by atoms with Crippen LogP contribution < -0.4 is 16.0 Å². The van der Waals surface area contributed by atoms with Crippen LogP contribution >= 0.6 is 27.5 Å². The molecule has 112 valence electrons. The van der Waals surface area contributed by atoms with Gasteiger partial charge in [0.2, 0.25) is 11.8 Å². The lowest BCUT2D eigenvalue weighted by atomic mass is 10.3. The Morgan fingerprint density at radius 2 is 1.95 bits per heavy atom. The van der Waals surface area contributed by atoms with Crippen molar-refractivity contribution in [2.45, 2.75) is 6.18 Å². The van der Waals surface area contributed by atoms with Gasteiger partial charge in [0.1, 0.15) is 5.75 Å². The zero-order valence-electron chi connectivity index (χ0n) is 10.1. The van der Waals surface area contributed by atoms with E-state index in [1.54, 1.807) is 6.07 Å². The van der Waals surface area contributed by atoms with Crippen LogP contribution in [0.2, 0.25) is 5.02 Å². The van der Waals surface area contributed by atoms with Crippen molar-refractivity contribution >= 4 is 33.5 Å². The fourth-order valence-electron chi connectivity index (χ4n) is 1.36. The van der Waals surface area contributed by atoms with E-state index in [0.717, 1.165) is 0 Å². The van der Waals surface area contributed by atoms with Crippen molar-refractivity contribution in [3.8, 4) is 11.6 Å². The van der Waals surface area contributed by atoms with Gasteiger partial charge in [0.25, 0.3) is 0 Å². The molecule has 0 aliphatic heterocycles. The smallest absolute Gasteiger partial charge is 0.433 e. The Morgan fingerprint density at radius 1 is 1.24 bits per heavy atom. The van der Waals surface area contributed by atoms with Gasteiger partial charge in [-0.3, -0.25) is 5.43 Å². The maximum absolute atomic E-state index is 12.7. The van der Waals surface area contributed by atoms with Crippen molar-refractivity contribution in [2.24, 2.45) is 5.84 Å². The number of alkyl halides is 3. The molecule has 0 atom stereocenters. The molecule has 2 aromatic rings. The maximum Gasteiger partial charge on any atom is 0.433 e. The summed E-state index contributed by atoms with van der Waals surface area (Å²) >= 11 is 9.10. The molecule has 21 heavy (non-hydrogen) atoms. The Kier molecular flexibility index (Phi) is 4.55. The maximum atomic E-state index is 12.7. The number of ether oxygens (including phenoxy) is 1. The van der Waals surface area contributed by atoms with E-state index in [4.69, 9.17) is 22.2 Å². The molecule has 0 bridgehead atoms. The number of hydrogen-bond acceptors (Lipinski definition) is 5. The zero-order chi connectivity index (χ0) is 15.6. The average molecular weight is 384 g/mol. The molecular formula is C11H7BrClF3N4O. The quantitative estimate of drug-likeness (QED) is 0.619. The number of anilines is 1. The molecule has 3 N–H and O–H groups in total. The van der Waals surface area contributed by atoms with Crippen molar-refractivity contribution < 1.29 is 17.9 Å². The van der Waals surface area contributed by atoms with Crippen LogP contribution in [-0.4, -0.2) is 9.97 Å². The first-order chi connectivity index (χ1) is 9.79. The fourth-order valence-corrected chi connectivity index (χ4v) is 1.85. The number of nitrogen functional groups attached to an aromatic ring is 1. The van der Waals surface area contributed by atoms with Crippen LogP contribution in [0.3, 0.4) is 0 Å². The number of hydrazine groups is 1. The van der Waals surface area contributed by atoms with Crippen LogP contribution in [0.15, 0.2) is 28.7 Å². The van der Waals surface area contributed by atoms with Crippen LogP contribution in [-0.2, 0) is 6.18 Å². The highest BCUT2D eigenvalue weighted by Gasteiger charge is 2.34. The molecule has 0 radical (unpaired) electrons. The first-order valence-electron chi connectivity index (χ1n) is 5.35. The highest BCUT2D eigenvalue weighted by molar-refractivity contribution is 9.10. The predicted octanol–water partition coefficient (Wildman–Crippen LogP) is 3.99. The summed E-state index contributed by atoms with van der Waals surface area (Å²) in [5.41, 5.74) is 0.759. The lowest BCUT2D eigenvalue weighted by Crippen LogP contribution is -2.15. The molecule has 2 rings (SSSR count). The first kappa shape index (κ1) is 15.8. The van der Waals surface area contributed by atoms with Gasteiger partial charge in [-0.25, -0.2) is 10.8 Å². The second kappa shape index (κ2) is 6.04. The normalized spacial score (nSPS) is 11.3. The summed E-state index contributed by atoms with van der Waals surface area (Å²) in [5.74, 6) is 4.42. The topological polar surface area (TPSA) is 73.1 Å². The SMILES string of the molecule is NNc1nc(Oc2cc(Br)ccc2Cl)cc(C(F)(F)F)n1. The van der Waals surface area contributed by atoms with Crippen molar-refractivity contribution in [2.75, 3.05) is 5.43 Å². The Balaban J connectivity index is 2.42. The molecule has 0 aliphatic rings. The third kappa shape index (κ3) is 3.96. The molecule has 0 spiro atoms. The monoisotopic (exact) mass is 382 g/mol. The van der Waals surface area contributed by atoms with Gasteiger partial charge in [-0.2, -0.15) is 18.2 Å². The molecule has 0 unspecified atom stereocenters. The van der Waals surface area contributed by atoms with Gasteiger partial charge >= 0.3 is 6.18 Å². The molecular weight excluding hydrogens is 376 g/mol. The van der Waals surface area contributed by atoms with Crippen LogP contribution in [0.5, 0.6) is 11.6 Å². The van der Waals surface area contributed by atoms with Gasteiger partial charge in [-0.05, 0) is 18.2 Å². The number of nitrogens with two attached hydrogens (primary N) is 1. The third-order valence-electron chi connectivity index (χ3n) is 2.23. The molecule has 5 nitrogen and oxygen atoms in total. The minimum Gasteiger partial charge on any atom is -0.437 e. The number of benzene rings is 1. The predicted molar refractivity (Wildman–Crippen MR) is 74.1 cm³/mol. The molecule has 0 saturated carbocycles. The highest BCUT2D eigenvalue weighted by atomic mass is 79.9. The Hall–Kier alpha value is -1.58. The lowest BCUT2D eigenvalue weighted by molar-refractivity contribution is -0.141. The van der Waals surface area contributed by atoms with Gasteiger partial charge in [-0.1, -0.05) is 27.5 Å².